The average molecular weight is 761 g/mol. The Bertz CT molecular complexity index is 3080. The van der Waals surface area contributed by atoms with Gasteiger partial charge in [0.1, 0.15) is 0 Å². The molecule has 12 rings (SSSR count). The predicted octanol–water partition coefficient (Wildman–Crippen LogP) is 13.1. The van der Waals surface area contributed by atoms with Gasteiger partial charge in [-0.25, -0.2) is 0 Å². The third-order valence-electron chi connectivity index (χ3n) is 13.1. The Morgan fingerprint density at radius 2 is 1.24 bits per heavy atom. The number of benzene rings is 8. The minimum Gasteiger partial charge on any atom is -0.376 e. The third-order valence-corrected chi connectivity index (χ3v) is 14.3. The topological polar surface area (TPSA) is 6.48 Å². The van der Waals surface area contributed by atoms with Crippen molar-refractivity contribution in [1.82, 2.24) is 0 Å². The van der Waals surface area contributed by atoms with Gasteiger partial charge in [-0.05, 0) is 98.6 Å². The quantitative estimate of drug-likeness (QED) is 0.166. The lowest BCUT2D eigenvalue weighted by molar-refractivity contribution is 0.590. The normalized spacial score (nSPS) is 14.6. The van der Waals surface area contributed by atoms with Gasteiger partial charge in [-0.15, -0.1) is 11.3 Å². The number of fused-ring (bicyclic) bond motifs is 10. The first-order valence-electron chi connectivity index (χ1n) is 20.5. The Morgan fingerprint density at radius 3 is 1.98 bits per heavy atom. The number of para-hydroxylation sites is 2. The van der Waals surface area contributed by atoms with Crippen LogP contribution in [-0.2, 0) is 10.8 Å². The molecule has 0 spiro atoms. The Balaban J connectivity index is 1.24. The van der Waals surface area contributed by atoms with Crippen LogP contribution in [0.3, 0.4) is 0 Å². The molecular weight excluding hydrogens is 719 g/mol. The largest absolute Gasteiger partial charge is 0.376 e. The molecule has 0 bridgehead atoms. The molecule has 0 radical (unpaired) electrons. The second-order valence-electron chi connectivity index (χ2n) is 17.3. The number of thiophene rings is 1. The first-order valence-corrected chi connectivity index (χ1v) is 21.3. The highest BCUT2D eigenvalue weighted by Crippen LogP contribution is 2.59. The third kappa shape index (κ3) is 4.44. The fraction of sp³-hybridized carbons (Fsp3) is 0.111. The molecule has 0 saturated heterocycles. The fourth-order valence-corrected chi connectivity index (χ4v) is 11.9. The average Bonchev–Trinajstić information content (AvgIpc) is 3.64. The van der Waals surface area contributed by atoms with Crippen molar-refractivity contribution in [2.75, 3.05) is 9.71 Å². The van der Waals surface area contributed by atoms with E-state index in [1.165, 1.54) is 104 Å². The van der Waals surface area contributed by atoms with Gasteiger partial charge >= 0.3 is 6.85 Å². The summed E-state index contributed by atoms with van der Waals surface area (Å²) in [5.74, 6) is 0. The number of nitrogens with zero attached hydrogens (tertiary/aromatic N) is 2. The van der Waals surface area contributed by atoms with Crippen molar-refractivity contribution in [3.8, 4) is 11.1 Å². The van der Waals surface area contributed by atoms with Crippen LogP contribution in [-0.4, -0.2) is 6.85 Å². The van der Waals surface area contributed by atoms with Crippen LogP contribution in [0, 0.1) is 6.92 Å². The highest BCUT2D eigenvalue weighted by molar-refractivity contribution is 7.26. The number of hydrogen-bond donors (Lipinski definition) is 0. The molecule has 0 saturated carbocycles. The zero-order valence-electron chi connectivity index (χ0n) is 33.1. The summed E-state index contributed by atoms with van der Waals surface area (Å²) in [5, 5.41) is 2.65. The van der Waals surface area contributed by atoms with Crippen LogP contribution in [0.5, 0.6) is 0 Å². The zero-order valence-corrected chi connectivity index (χ0v) is 33.9. The van der Waals surface area contributed by atoms with E-state index in [0.29, 0.717) is 0 Å². The molecule has 3 aliphatic heterocycles. The Hall–Kier alpha value is -6.36. The van der Waals surface area contributed by atoms with Gasteiger partial charge in [0.15, 0.2) is 0 Å². The van der Waals surface area contributed by atoms with Crippen molar-refractivity contribution in [1.29, 1.82) is 0 Å². The summed E-state index contributed by atoms with van der Waals surface area (Å²) in [7, 11) is 0. The molecule has 0 fully saturated rings. The van der Waals surface area contributed by atoms with E-state index < -0.39 is 5.41 Å². The number of rotatable bonds is 3. The van der Waals surface area contributed by atoms with Crippen LogP contribution in [0.25, 0.3) is 31.3 Å². The van der Waals surface area contributed by atoms with E-state index in [0.717, 1.165) is 0 Å². The molecule has 0 atom stereocenters. The molecule has 9 aromatic rings. The Labute approximate surface area is 344 Å². The standard InChI is InChI=1S/C54H41BN2S/c1-34-32-41-49-46(31-30-40-39-20-11-14-25-48(39)58-52(40)49)57(38-28-26-35(27-29-38)53(2,3)4)55-44-23-15-22-43-51(44)56(47(33-34)50(41)55)45-24-13-12-21-42(45)54(43,36-16-7-5-8-17-36)37-18-9-6-10-19-37/h5-33H,1-4H3. The maximum Gasteiger partial charge on any atom is 0.333 e. The highest BCUT2D eigenvalue weighted by Gasteiger charge is 2.53. The van der Waals surface area contributed by atoms with E-state index in [-0.39, 0.29) is 12.3 Å². The summed E-state index contributed by atoms with van der Waals surface area (Å²) in [6.45, 7) is 9.12. The zero-order chi connectivity index (χ0) is 38.9. The van der Waals surface area contributed by atoms with Crippen molar-refractivity contribution in [2.24, 2.45) is 0 Å². The highest BCUT2D eigenvalue weighted by atomic mass is 32.1. The maximum atomic E-state index is 2.67. The summed E-state index contributed by atoms with van der Waals surface area (Å²) in [5.41, 5.74) is 18.9. The van der Waals surface area contributed by atoms with E-state index in [1.54, 1.807) is 0 Å². The van der Waals surface area contributed by atoms with Crippen molar-refractivity contribution in [3.05, 3.63) is 209 Å². The minimum absolute atomic E-state index is 0.0499. The molecule has 0 amide bonds. The first-order chi connectivity index (χ1) is 28.3. The lowest BCUT2D eigenvalue weighted by Gasteiger charge is -2.52. The van der Waals surface area contributed by atoms with Gasteiger partial charge in [0.25, 0.3) is 0 Å². The molecule has 4 heterocycles. The fourth-order valence-electron chi connectivity index (χ4n) is 10.7. The second-order valence-corrected chi connectivity index (χ2v) is 18.4. The molecule has 0 unspecified atom stereocenters. The first kappa shape index (κ1) is 33.8. The van der Waals surface area contributed by atoms with Crippen molar-refractivity contribution in [3.63, 3.8) is 0 Å². The van der Waals surface area contributed by atoms with E-state index >= 15 is 0 Å². The van der Waals surface area contributed by atoms with Gasteiger partial charge in [-0.1, -0.05) is 160 Å². The molecule has 8 aromatic carbocycles. The number of hydrogen-bond acceptors (Lipinski definition) is 3. The molecule has 58 heavy (non-hydrogen) atoms. The number of anilines is 5. The van der Waals surface area contributed by atoms with Crippen molar-refractivity contribution in [2.45, 2.75) is 38.5 Å². The lowest BCUT2D eigenvalue weighted by atomic mass is 9.42. The van der Waals surface area contributed by atoms with Crippen LogP contribution in [0.15, 0.2) is 176 Å². The maximum absolute atomic E-state index is 2.67. The molecule has 4 heteroatoms. The van der Waals surface area contributed by atoms with Gasteiger partial charge in [-0.2, -0.15) is 0 Å². The SMILES string of the molecule is Cc1cc2c3c(c1)N1c4ccccc4C(c4ccccc4)(c4ccccc4)c4cccc(c41)B3N(c1ccc(C(C)(C)C)cc1)c1ccc3c(sc4ccccc43)c1-2. The molecule has 0 aliphatic carbocycles. The minimum atomic E-state index is -0.542. The van der Waals surface area contributed by atoms with Gasteiger partial charge in [0.2, 0.25) is 0 Å². The monoisotopic (exact) mass is 760 g/mol. The summed E-state index contributed by atoms with van der Waals surface area (Å²) >= 11 is 1.93. The van der Waals surface area contributed by atoms with Crippen LogP contribution >= 0.6 is 11.3 Å². The van der Waals surface area contributed by atoms with Gasteiger partial charge in [0.05, 0.1) is 11.1 Å². The van der Waals surface area contributed by atoms with E-state index in [4.69, 9.17) is 0 Å². The summed E-state index contributed by atoms with van der Waals surface area (Å²) in [6.07, 6.45) is 0. The van der Waals surface area contributed by atoms with Crippen LogP contribution < -0.4 is 20.6 Å². The molecule has 0 N–H and O–H groups in total. The van der Waals surface area contributed by atoms with E-state index in [9.17, 15) is 0 Å². The van der Waals surface area contributed by atoms with Gasteiger partial charge < -0.3 is 9.71 Å². The van der Waals surface area contributed by atoms with Crippen LogP contribution in [0.1, 0.15) is 54.2 Å². The van der Waals surface area contributed by atoms with Gasteiger partial charge in [0, 0.05) is 48.5 Å². The smallest absolute Gasteiger partial charge is 0.333 e. The van der Waals surface area contributed by atoms with Crippen molar-refractivity contribution >= 4 is 77.7 Å². The molecule has 2 nitrogen and oxygen atoms in total. The Kier molecular flexibility index (Phi) is 7.03. The Morgan fingerprint density at radius 1 is 0.569 bits per heavy atom. The molecular formula is C54H41BN2S. The van der Waals surface area contributed by atoms with E-state index in [2.05, 4.69) is 213 Å². The predicted molar refractivity (Wildman–Crippen MR) is 248 cm³/mol. The molecule has 3 aliphatic rings. The van der Waals surface area contributed by atoms with Crippen molar-refractivity contribution < 1.29 is 0 Å². The van der Waals surface area contributed by atoms with Gasteiger partial charge in [-0.3, -0.25) is 0 Å². The lowest BCUT2D eigenvalue weighted by Crippen LogP contribution is -2.62. The number of aryl methyl sites for hydroxylation is 1. The molecule has 276 valence electrons. The second kappa shape index (κ2) is 12.1. The van der Waals surface area contributed by atoms with Crippen LogP contribution in [0.4, 0.5) is 28.4 Å². The summed E-state index contributed by atoms with van der Waals surface area (Å²) in [4.78, 5) is 5.30. The van der Waals surface area contributed by atoms with Crippen LogP contribution in [0.2, 0.25) is 0 Å². The van der Waals surface area contributed by atoms with E-state index in [1.807, 2.05) is 11.3 Å². The summed E-state index contributed by atoms with van der Waals surface area (Å²) in [6, 6.07) is 66.8. The summed E-state index contributed by atoms with van der Waals surface area (Å²) < 4.78 is 2.68. The molecule has 1 aromatic heterocycles.